The average molecular weight is 272 g/mol. The minimum Gasteiger partial charge on any atom is -0.452 e. The molecule has 0 bridgehead atoms. The summed E-state index contributed by atoms with van der Waals surface area (Å²) in [6.45, 7) is 0. The molecule has 0 atom stereocenters. The summed E-state index contributed by atoms with van der Waals surface area (Å²) in [5.74, 6) is 0.958. The molecular formula is C19H12O2. The molecule has 21 heavy (non-hydrogen) atoms. The van der Waals surface area contributed by atoms with Crippen LogP contribution in [0.3, 0.4) is 0 Å². The Bertz CT molecular complexity index is 885. The molecule has 0 aliphatic carbocycles. The van der Waals surface area contributed by atoms with E-state index in [0.717, 1.165) is 16.3 Å². The molecule has 0 saturated heterocycles. The van der Waals surface area contributed by atoms with Crippen LogP contribution in [-0.4, -0.2) is 5.78 Å². The van der Waals surface area contributed by atoms with Crippen molar-refractivity contribution in [3.05, 3.63) is 83.6 Å². The normalized spacial score (nSPS) is 15.2. The molecule has 1 heterocycles. The minimum atomic E-state index is -0.0569. The monoisotopic (exact) mass is 272 g/mol. The molecule has 1 aliphatic heterocycles. The van der Waals surface area contributed by atoms with Crippen LogP contribution in [0.25, 0.3) is 16.8 Å². The van der Waals surface area contributed by atoms with E-state index in [0.29, 0.717) is 17.1 Å². The van der Waals surface area contributed by atoms with Crippen molar-refractivity contribution in [3.8, 4) is 5.75 Å². The van der Waals surface area contributed by atoms with Gasteiger partial charge in [-0.05, 0) is 34.5 Å². The van der Waals surface area contributed by atoms with Crippen molar-refractivity contribution in [3.63, 3.8) is 0 Å². The number of hydrogen-bond acceptors (Lipinski definition) is 2. The molecule has 0 spiro atoms. The van der Waals surface area contributed by atoms with Gasteiger partial charge in [-0.3, -0.25) is 4.79 Å². The average Bonchev–Trinajstić information content (AvgIpc) is 2.85. The molecule has 0 N–H and O–H groups in total. The topological polar surface area (TPSA) is 26.3 Å². The first-order chi connectivity index (χ1) is 10.3. The third-order valence-electron chi connectivity index (χ3n) is 3.69. The highest BCUT2D eigenvalue weighted by Gasteiger charge is 2.26. The van der Waals surface area contributed by atoms with Gasteiger partial charge in [0.1, 0.15) is 5.75 Å². The lowest BCUT2D eigenvalue weighted by molar-refractivity contribution is 0.101. The van der Waals surface area contributed by atoms with Crippen molar-refractivity contribution in [2.45, 2.75) is 0 Å². The highest BCUT2D eigenvalue weighted by molar-refractivity contribution is 6.15. The van der Waals surface area contributed by atoms with E-state index >= 15 is 0 Å². The van der Waals surface area contributed by atoms with E-state index in [1.54, 1.807) is 6.07 Å². The first-order valence-electron chi connectivity index (χ1n) is 6.84. The lowest BCUT2D eigenvalue weighted by Crippen LogP contribution is -1.98. The molecular weight excluding hydrogens is 260 g/mol. The van der Waals surface area contributed by atoms with Crippen LogP contribution in [0.15, 0.2) is 72.5 Å². The van der Waals surface area contributed by atoms with Crippen molar-refractivity contribution >= 4 is 22.6 Å². The Morgan fingerprint density at radius 3 is 2.48 bits per heavy atom. The number of carbonyl (C=O) groups is 1. The van der Waals surface area contributed by atoms with Crippen LogP contribution in [0.2, 0.25) is 0 Å². The smallest absolute Gasteiger partial charge is 0.231 e. The maximum absolute atomic E-state index is 12.3. The molecule has 1 aliphatic rings. The van der Waals surface area contributed by atoms with Crippen molar-refractivity contribution in [2.75, 3.05) is 0 Å². The molecule has 4 rings (SSSR count). The van der Waals surface area contributed by atoms with Gasteiger partial charge in [-0.1, -0.05) is 54.6 Å². The molecule has 0 amide bonds. The Morgan fingerprint density at radius 2 is 1.57 bits per heavy atom. The van der Waals surface area contributed by atoms with Gasteiger partial charge in [0.15, 0.2) is 5.76 Å². The zero-order valence-electron chi connectivity index (χ0n) is 11.2. The second kappa shape index (κ2) is 4.60. The molecule has 0 fully saturated rings. The third-order valence-corrected chi connectivity index (χ3v) is 3.69. The van der Waals surface area contributed by atoms with Gasteiger partial charge in [0, 0.05) is 0 Å². The van der Waals surface area contributed by atoms with Crippen LogP contribution in [0.4, 0.5) is 0 Å². The summed E-state index contributed by atoms with van der Waals surface area (Å²) < 4.78 is 5.68. The highest BCUT2D eigenvalue weighted by atomic mass is 16.5. The largest absolute Gasteiger partial charge is 0.452 e. The summed E-state index contributed by atoms with van der Waals surface area (Å²) in [5, 5.41) is 2.26. The van der Waals surface area contributed by atoms with Crippen molar-refractivity contribution < 1.29 is 9.53 Å². The van der Waals surface area contributed by atoms with Gasteiger partial charge in [-0.2, -0.15) is 0 Å². The highest BCUT2D eigenvalue weighted by Crippen LogP contribution is 2.32. The van der Waals surface area contributed by atoms with Crippen molar-refractivity contribution in [1.82, 2.24) is 0 Å². The SMILES string of the molecule is O=C1/C(=C\c2cccc3ccccc23)Oc2ccccc21. The Labute approximate surface area is 122 Å². The predicted octanol–water partition coefficient (Wildman–Crippen LogP) is 4.46. The Morgan fingerprint density at radius 1 is 0.810 bits per heavy atom. The van der Waals surface area contributed by atoms with Gasteiger partial charge in [-0.25, -0.2) is 0 Å². The fourth-order valence-corrected chi connectivity index (χ4v) is 2.65. The standard InChI is InChI=1S/C19H12O2/c20-19-16-10-3-4-11-17(16)21-18(19)12-14-8-5-7-13-6-1-2-9-15(13)14/h1-12H/b18-12+. The van der Waals surface area contributed by atoms with Gasteiger partial charge in [-0.15, -0.1) is 0 Å². The summed E-state index contributed by atoms with van der Waals surface area (Å²) in [7, 11) is 0. The van der Waals surface area contributed by atoms with Gasteiger partial charge in [0.25, 0.3) is 0 Å². The van der Waals surface area contributed by atoms with E-state index in [1.165, 1.54) is 0 Å². The van der Waals surface area contributed by atoms with Crippen LogP contribution >= 0.6 is 0 Å². The zero-order valence-corrected chi connectivity index (χ0v) is 11.2. The van der Waals surface area contributed by atoms with E-state index in [2.05, 4.69) is 12.1 Å². The number of rotatable bonds is 1. The number of hydrogen-bond donors (Lipinski definition) is 0. The van der Waals surface area contributed by atoms with Crippen molar-refractivity contribution in [2.24, 2.45) is 0 Å². The van der Waals surface area contributed by atoms with Gasteiger partial charge in [0.05, 0.1) is 5.56 Å². The van der Waals surface area contributed by atoms with Crippen LogP contribution < -0.4 is 4.74 Å². The van der Waals surface area contributed by atoms with Crippen LogP contribution in [0, 0.1) is 0 Å². The number of Topliss-reactive ketones (excluding diaryl/α,β-unsaturated/α-hetero) is 1. The van der Waals surface area contributed by atoms with Crippen molar-refractivity contribution in [1.29, 1.82) is 0 Å². The molecule has 0 aromatic heterocycles. The first kappa shape index (κ1) is 11.9. The molecule has 0 saturated carbocycles. The van der Waals surface area contributed by atoms with E-state index in [1.807, 2.05) is 54.6 Å². The van der Waals surface area contributed by atoms with Crippen LogP contribution in [0.5, 0.6) is 5.75 Å². The quantitative estimate of drug-likeness (QED) is 0.611. The van der Waals surface area contributed by atoms with Gasteiger partial charge >= 0.3 is 0 Å². The maximum atomic E-state index is 12.3. The van der Waals surface area contributed by atoms with E-state index in [9.17, 15) is 4.79 Å². The van der Waals surface area contributed by atoms with E-state index < -0.39 is 0 Å². The summed E-state index contributed by atoms with van der Waals surface area (Å²) in [5.41, 5.74) is 1.62. The fourth-order valence-electron chi connectivity index (χ4n) is 2.65. The molecule has 3 aromatic carbocycles. The first-order valence-corrected chi connectivity index (χ1v) is 6.84. The van der Waals surface area contributed by atoms with E-state index in [4.69, 9.17) is 4.74 Å². The molecule has 100 valence electrons. The Hall–Kier alpha value is -2.87. The maximum Gasteiger partial charge on any atom is 0.231 e. The summed E-state index contributed by atoms with van der Waals surface area (Å²) in [6.07, 6.45) is 1.82. The molecule has 2 nitrogen and oxygen atoms in total. The number of ether oxygens (including phenoxy) is 1. The van der Waals surface area contributed by atoms with Crippen LogP contribution in [0.1, 0.15) is 15.9 Å². The van der Waals surface area contributed by atoms with Gasteiger partial charge in [0.2, 0.25) is 5.78 Å². The number of benzene rings is 3. The molecule has 0 radical (unpaired) electrons. The lowest BCUT2D eigenvalue weighted by Gasteiger charge is -2.03. The minimum absolute atomic E-state index is 0.0569. The molecule has 2 heteroatoms. The Kier molecular flexibility index (Phi) is 2.61. The Balaban J connectivity index is 1.84. The third kappa shape index (κ3) is 1.93. The lowest BCUT2D eigenvalue weighted by atomic mass is 10.0. The second-order valence-corrected chi connectivity index (χ2v) is 5.00. The number of para-hydroxylation sites is 1. The number of carbonyl (C=O) groups excluding carboxylic acids is 1. The van der Waals surface area contributed by atoms with Crippen LogP contribution in [-0.2, 0) is 0 Å². The summed E-state index contributed by atoms with van der Waals surface area (Å²) >= 11 is 0. The summed E-state index contributed by atoms with van der Waals surface area (Å²) in [4.78, 5) is 12.3. The summed E-state index contributed by atoms with van der Waals surface area (Å²) in [6, 6.07) is 21.5. The predicted molar refractivity (Wildman–Crippen MR) is 83.3 cm³/mol. The number of allylic oxidation sites excluding steroid dienone is 1. The van der Waals surface area contributed by atoms with Gasteiger partial charge < -0.3 is 4.74 Å². The zero-order chi connectivity index (χ0) is 14.2. The van der Waals surface area contributed by atoms with E-state index in [-0.39, 0.29) is 5.78 Å². The fraction of sp³-hybridized carbons (Fsp3) is 0. The molecule has 0 unspecified atom stereocenters. The number of ketones is 1. The second-order valence-electron chi connectivity index (χ2n) is 5.00. The number of fused-ring (bicyclic) bond motifs is 2. The molecule has 3 aromatic rings.